The molecule has 0 fully saturated rings. The topological polar surface area (TPSA) is 109 Å². The van der Waals surface area contributed by atoms with Crippen LogP contribution in [0.1, 0.15) is 6.42 Å². The number of aliphatic hydroxyl groups is 1. The van der Waals surface area contributed by atoms with Gasteiger partial charge in [-0.3, -0.25) is 4.55 Å². The molecule has 0 aromatic rings. The second kappa shape index (κ2) is 3.48. The van der Waals surface area contributed by atoms with Crippen molar-refractivity contribution in [3.8, 4) is 0 Å². The van der Waals surface area contributed by atoms with Gasteiger partial charge in [0.25, 0.3) is 8.87 Å². The predicted molar refractivity (Wildman–Crippen MR) is 37.0 cm³/mol. The maximum atomic E-state index is 10.5. The Morgan fingerprint density at radius 3 is 1.82 bits per heavy atom. The maximum absolute atomic E-state index is 10.5. The van der Waals surface area contributed by atoms with Crippen molar-refractivity contribution in [1.29, 1.82) is 0 Å². The molecule has 0 aliphatic heterocycles. The fraction of sp³-hybridized carbons (Fsp3) is 1.00. The molecule has 0 heterocycles. The summed E-state index contributed by atoms with van der Waals surface area (Å²) in [4.78, 5) is 0. The van der Waals surface area contributed by atoms with E-state index in [0.29, 0.717) is 0 Å². The first-order chi connectivity index (χ1) is 4.81. The van der Waals surface area contributed by atoms with Gasteiger partial charge in [0.2, 0.25) is 0 Å². The van der Waals surface area contributed by atoms with Crippen LogP contribution in [0.15, 0.2) is 0 Å². The highest BCUT2D eigenvalue weighted by Crippen LogP contribution is 2.01. The van der Waals surface area contributed by atoms with Crippen molar-refractivity contribution < 1.29 is 26.5 Å². The van der Waals surface area contributed by atoms with E-state index in [2.05, 4.69) is 0 Å². The molecule has 0 amide bonds. The summed E-state index contributed by atoms with van der Waals surface area (Å²) in [5.74, 6) is -0.762. The molecule has 0 bridgehead atoms. The van der Waals surface area contributed by atoms with Gasteiger partial charge >= 0.3 is 9.15 Å². The lowest BCUT2D eigenvalue weighted by Gasteiger charge is -1.96. The SMILES string of the molecule is O=S(=O)(O)S(=O)(=O)CCCO. The summed E-state index contributed by atoms with van der Waals surface area (Å²) in [6.07, 6.45) is -0.206. The lowest BCUT2D eigenvalue weighted by molar-refractivity contribution is 0.295. The van der Waals surface area contributed by atoms with Crippen LogP contribution in [-0.2, 0) is 18.0 Å². The Hall–Kier alpha value is -0.180. The van der Waals surface area contributed by atoms with Crippen LogP contribution in [0.3, 0.4) is 0 Å². The van der Waals surface area contributed by atoms with E-state index in [1.165, 1.54) is 0 Å². The fourth-order valence-corrected chi connectivity index (χ4v) is 2.03. The van der Waals surface area contributed by atoms with Gasteiger partial charge in [0.15, 0.2) is 0 Å². The number of rotatable bonds is 4. The maximum Gasteiger partial charge on any atom is 0.372 e. The predicted octanol–water partition coefficient (Wildman–Crippen LogP) is -1.41. The lowest BCUT2D eigenvalue weighted by Crippen LogP contribution is -2.18. The van der Waals surface area contributed by atoms with Gasteiger partial charge in [0.1, 0.15) is 0 Å². The number of aliphatic hydroxyl groups excluding tert-OH is 1. The molecule has 0 aromatic carbocycles. The van der Waals surface area contributed by atoms with Crippen LogP contribution in [-0.4, -0.2) is 38.9 Å². The van der Waals surface area contributed by atoms with Crippen molar-refractivity contribution in [1.82, 2.24) is 0 Å². The molecule has 0 spiro atoms. The molecule has 2 N–H and O–H groups in total. The zero-order chi connectivity index (χ0) is 9.12. The molecule has 0 radical (unpaired) electrons. The highest BCUT2D eigenvalue weighted by molar-refractivity contribution is 8.64. The van der Waals surface area contributed by atoms with Crippen LogP contribution in [0, 0.1) is 0 Å². The van der Waals surface area contributed by atoms with Crippen molar-refractivity contribution in [3.05, 3.63) is 0 Å². The molecule has 68 valence electrons. The van der Waals surface area contributed by atoms with E-state index in [9.17, 15) is 16.8 Å². The Morgan fingerprint density at radius 2 is 1.55 bits per heavy atom. The quantitative estimate of drug-likeness (QED) is 0.430. The summed E-state index contributed by atoms with van der Waals surface area (Å²) in [5.41, 5.74) is 0. The molecule has 0 aliphatic rings. The van der Waals surface area contributed by atoms with E-state index in [1.54, 1.807) is 0 Å². The van der Waals surface area contributed by atoms with E-state index in [0.717, 1.165) is 0 Å². The monoisotopic (exact) mass is 204 g/mol. The largest absolute Gasteiger partial charge is 0.396 e. The van der Waals surface area contributed by atoms with Crippen LogP contribution in [0.25, 0.3) is 0 Å². The normalized spacial score (nSPS) is 13.3. The molecular formula is C3H8O6S2. The van der Waals surface area contributed by atoms with Crippen molar-refractivity contribution in [2.45, 2.75) is 6.42 Å². The Balaban J connectivity index is 4.53. The van der Waals surface area contributed by atoms with Crippen molar-refractivity contribution in [2.24, 2.45) is 0 Å². The van der Waals surface area contributed by atoms with Gasteiger partial charge in [-0.2, -0.15) is 8.42 Å². The number of hydrogen-bond acceptors (Lipinski definition) is 5. The van der Waals surface area contributed by atoms with E-state index >= 15 is 0 Å². The van der Waals surface area contributed by atoms with Crippen LogP contribution in [0.2, 0.25) is 0 Å². The molecule has 0 saturated carbocycles. The smallest absolute Gasteiger partial charge is 0.372 e. The Labute approximate surface area is 63.9 Å². The second-order valence-corrected chi connectivity index (χ2v) is 6.93. The molecule has 11 heavy (non-hydrogen) atoms. The zero-order valence-corrected chi connectivity index (χ0v) is 7.10. The van der Waals surface area contributed by atoms with Crippen molar-refractivity contribution >= 4 is 18.0 Å². The first-order valence-corrected chi connectivity index (χ1v) is 6.23. The van der Waals surface area contributed by atoms with Crippen LogP contribution < -0.4 is 0 Å². The molecule has 0 saturated heterocycles. The summed E-state index contributed by atoms with van der Waals surface area (Å²) < 4.78 is 49.1. The molecular weight excluding hydrogens is 196 g/mol. The van der Waals surface area contributed by atoms with Crippen molar-refractivity contribution in [3.63, 3.8) is 0 Å². The third-order valence-corrected chi connectivity index (χ3v) is 4.73. The highest BCUT2D eigenvalue weighted by Gasteiger charge is 2.25. The third-order valence-electron chi connectivity index (χ3n) is 0.873. The molecule has 0 aliphatic carbocycles. The van der Waals surface area contributed by atoms with Gasteiger partial charge in [-0.05, 0) is 6.42 Å². The van der Waals surface area contributed by atoms with E-state index in [-0.39, 0.29) is 6.42 Å². The first-order valence-electron chi connectivity index (χ1n) is 2.62. The van der Waals surface area contributed by atoms with Gasteiger partial charge in [-0.25, -0.2) is 8.42 Å². The van der Waals surface area contributed by atoms with E-state index in [1.807, 2.05) is 0 Å². The lowest BCUT2D eigenvalue weighted by atomic mass is 10.5. The second-order valence-electron chi connectivity index (χ2n) is 1.77. The molecule has 0 unspecified atom stereocenters. The average molecular weight is 204 g/mol. The zero-order valence-electron chi connectivity index (χ0n) is 5.47. The van der Waals surface area contributed by atoms with Gasteiger partial charge < -0.3 is 5.11 Å². The Kier molecular flexibility index (Phi) is 3.42. The summed E-state index contributed by atoms with van der Waals surface area (Å²) in [6.45, 7) is -0.436. The standard InChI is InChI=1S/C3H8O6S2/c4-2-1-3-10(5,6)11(7,8)9/h4H,1-3H2,(H,7,8,9). The third kappa shape index (κ3) is 3.14. The van der Waals surface area contributed by atoms with Gasteiger partial charge in [-0.15, -0.1) is 0 Å². The van der Waals surface area contributed by atoms with Crippen molar-refractivity contribution in [2.75, 3.05) is 12.4 Å². The highest BCUT2D eigenvalue weighted by atomic mass is 33.2. The fourth-order valence-electron chi connectivity index (χ4n) is 0.347. The van der Waals surface area contributed by atoms with Gasteiger partial charge in [0.05, 0.1) is 5.75 Å². The molecule has 0 atom stereocenters. The number of hydrogen-bond donors (Lipinski definition) is 2. The minimum Gasteiger partial charge on any atom is -0.396 e. The van der Waals surface area contributed by atoms with Crippen LogP contribution in [0.4, 0.5) is 0 Å². The van der Waals surface area contributed by atoms with Gasteiger partial charge in [-0.1, -0.05) is 0 Å². The summed E-state index contributed by atoms with van der Waals surface area (Å²) in [5, 5.41) is 8.15. The van der Waals surface area contributed by atoms with Crippen LogP contribution in [0.5, 0.6) is 0 Å². The Morgan fingerprint density at radius 1 is 1.09 bits per heavy atom. The van der Waals surface area contributed by atoms with E-state index < -0.39 is 30.4 Å². The molecule has 0 rings (SSSR count). The Bertz CT molecular complexity index is 297. The van der Waals surface area contributed by atoms with Gasteiger partial charge in [0, 0.05) is 6.61 Å². The summed E-state index contributed by atoms with van der Waals surface area (Å²) in [6, 6.07) is 0. The average Bonchev–Trinajstić information content (AvgIpc) is 1.81. The first kappa shape index (κ1) is 10.8. The van der Waals surface area contributed by atoms with E-state index in [4.69, 9.17) is 9.66 Å². The summed E-state index contributed by atoms with van der Waals surface area (Å²) in [7, 11) is -9.51. The molecule has 0 aromatic heterocycles. The van der Waals surface area contributed by atoms with Crippen LogP contribution >= 0.6 is 0 Å². The minimum absolute atomic E-state index is 0.206. The molecule has 8 heteroatoms. The minimum atomic E-state index is -5.01. The molecule has 6 nitrogen and oxygen atoms in total. The summed E-state index contributed by atoms with van der Waals surface area (Å²) >= 11 is 0.